The SMILES string of the molecule is C=C1c2cc(CC)ccc2CN1c1ccc2c(c1)cc(CC)n2C. The molecule has 0 saturated heterocycles. The Morgan fingerprint density at radius 3 is 2.58 bits per heavy atom. The van der Waals surface area contributed by atoms with E-state index in [4.69, 9.17) is 0 Å². The van der Waals surface area contributed by atoms with E-state index in [-0.39, 0.29) is 0 Å². The van der Waals surface area contributed by atoms with Crippen LogP contribution in [0.5, 0.6) is 0 Å². The fourth-order valence-electron chi connectivity index (χ4n) is 3.81. The molecular weight excluding hydrogens is 292 g/mol. The second kappa shape index (κ2) is 5.55. The van der Waals surface area contributed by atoms with Gasteiger partial charge in [0, 0.05) is 47.1 Å². The maximum atomic E-state index is 4.37. The first kappa shape index (κ1) is 15.1. The van der Waals surface area contributed by atoms with E-state index in [1.807, 2.05) is 0 Å². The molecule has 0 radical (unpaired) electrons. The van der Waals surface area contributed by atoms with Crippen LogP contribution < -0.4 is 4.90 Å². The van der Waals surface area contributed by atoms with Gasteiger partial charge in [-0.1, -0.05) is 32.6 Å². The van der Waals surface area contributed by atoms with Crippen LogP contribution in [0.25, 0.3) is 16.6 Å². The Morgan fingerprint density at radius 1 is 1.00 bits per heavy atom. The second-order valence-corrected chi connectivity index (χ2v) is 6.67. The molecule has 0 saturated carbocycles. The summed E-state index contributed by atoms with van der Waals surface area (Å²) in [5, 5.41) is 1.31. The van der Waals surface area contributed by atoms with Crippen molar-refractivity contribution < 1.29 is 0 Å². The smallest absolute Gasteiger partial charge is 0.0488 e. The van der Waals surface area contributed by atoms with E-state index in [1.54, 1.807) is 0 Å². The first-order valence-electron chi connectivity index (χ1n) is 8.79. The molecule has 2 heteroatoms. The third-order valence-electron chi connectivity index (χ3n) is 5.35. The third kappa shape index (κ3) is 2.17. The largest absolute Gasteiger partial charge is 0.348 e. The van der Waals surface area contributed by atoms with Crippen molar-refractivity contribution in [3.8, 4) is 0 Å². The predicted octanol–water partition coefficient (Wildman–Crippen LogP) is 5.29. The summed E-state index contributed by atoms with van der Waals surface area (Å²) < 4.78 is 2.29. The molecule has 2 heterocycles. The molecule has 1 aliphatic rings. The minimum absolute atomic E-state index is 0.914. The van der Waals surface area contributed by atoms with Gasteiger partial charge in [0.2, 0.25) is 0 Å². The number of rotatable bonds is 3. The average Bonchev–Trinajstić information content (AvgIpc) is 3.11. The molecule has 0 fully saturated rings. The van der Waals surface area contributed by atoms with Gasteiger partial charge in [0.1, 0.15) is 0 Å². The molecule has 0 spiro atoms. The zero-order valence-electron chi connectivity index (χ0n) is 14.8. The topological polar surface area (TPSA) is 8.17 Å². The first-order valence-corrected chi connectivity index (χ1v) is 8.79. The van der Waals surface area contributed by atoms with Crippen molar-refractivity contribution in [1.82, 2.24) is 4.57 Å². The summed E-state index contributed by atoms with van der Waals surface area (Å²) in [4.78, 5) is 2.34. The Hall–Kier alpha value is -2.48. The molecule has 24 heavy (non-hydrogen) atoms. The summed E-state index contributed by atoms with van der Waals surface area (Å²) in [5.41, 5.74) is 9.07. The number of nitrogens with zero attached hydrogens (tertiary/aromatic N) is 2. The first-order chi connectivity index (χ1) is 11.6. The van der Waals surface area contributed by atoms with Gasteiger partial charge in [0.25, 0.3) is 0 Å². The van der Waals surface area contributed by atoms with Gasteiger partial charge in [-0.15, -0.1) is 0 Å². The van der Waals surface area contributed by atoms with Crippen molar-refractivity contribution in [2.45, 2.75) is 33.2 Å². The summed E-state index contributed by atoms with van der Waals surface area (Å²) in [6.07, 6.45) is 2.12. The quantitative estimate of drug-likeness (QED) is 0.637. The van der Waals surface area contributed by atoms with Crippen LogP contribution in [0.1, 0.15) is 36.2 Å². The molecule has 0 bridgehead atoms. The molecule has 0 N–H and O–H groups in total. The van der Waals surface area contributed by atoms with Crippen molar-refractivity contribution in [2.75, 3.05) is 4.90 Å². The van der Waals surface area contributed by atoms with Gasteiger partial charge in [-0.25, -0.2) is 0 Å². The molecule has 3 aromatic rings. The highest BCUT2D eigenvalue weighted by Gasteiger charge is 2.24. The van der Waals surface area contributed by atoms with Crippen molar-refractivity contribution >= 4 is 22.3 Å². The lowest BCUT2D eigenvalue weighted by Gasteiger charge is -2.19. The van der Waals surface area contributed by atoms with Crippen LogP contribution >= 0.6 is 0 Å². The monoisotopic (exact) mass is 316 g/mol. The van der Waals surface area contributed by atoms with Crippen LogP contribution in [0.3, 0.4) is 0 Å². The molecule has 0 aliphatic carbocycles. The van der Waals surface area contributed by atoms with Gasteiger partial charge in [0.15, 0.2) is 0 Å². The van der Waals surface area contributed by atoms with Gasteiger partial charge in [-0.05, 0) is 54.3 Å². The fraction of sp³-hybridized carbons (Fsp3) is 0.273. The van der Waals surface area contributed by atoms with Crippen LogP contribution in [-0.4, -0.2) is 4.57 Å². The predicted molar refractivity (Wildman–Crippen MR) is 103 cm³/mol. The summed E-state index contributed by atoms with van der Waals surface area (Å²) in [6.45, 7) is 9.69. The highest BCUT2D eigenvalue weighted by molar-refractivity contribution is 5.90. The van der Waals surface area contributed by atoms with E-state index in [2.05, 4.69) is 79.4 Å². The summed E-state index contributed by atoms with van der Waals surface area (Å²) in [5.74, 6) is 0. The Bertz CT molecular complexity index is 946. The van der Waals surface area contributed by atoms with Crippen LogP contribution in [0.4, 0.5) is 5.69 Å². The number of aryl methyl sites for hydroxylation is 3. The Labute approximate surface area is 144 Å². The lowest BCUT2D eigenvalue weighted by atomic mass is 10.0. The minimum atomic E-state index is 0.914. The van der Waals surface area contributed by atoms with E-state index < -0.39 is 0 Å². The second-order valence-electron chi connectivity index (χ2n) is 6.67. The standard InChI is InChI=1S/C22H24N2/c1-5-16-7-8-17-14-24(15(3)21(17)11-16)20-9-10-22-18(13-20)12-19(6-2)23(22)4/h7-13H,3,5-6,14H2,1-2,4H3. The Balaban J connectivity index is 1.74. The summed E-state index contributed by atoms with van der Waals surface area (Å²) in [7, 11) is 2.15. The van der Waals surface area contributed by atoms with E-state index in [0.29, 0.717) is 0 Å². The highest BCUT2D eigenvalue weighted by atomic mass is 15.2. The van der Waals surface area contributed by atoms with E-state index in [0.717, 1.165) is 25.1 Å². The van der Waals surface area contributed by atoms with Crippen molar-refractivity contribution in [3.05, 3.63) is 71.4 Å². The lowest BCUT2D eigenvalue weighted by Crippen LogP contribution is -2.12. The van der Waals surface area contributed by atoms with Crippen molar-refractivity contribution in [3.63, 3.8) is 0 Å². The lowest BCUT2D eigenvalue weighted by molar-refractivity contribution is 0.865. The van der Waals surface area contributed by atoms with Gasteiger partial charge in [0.05, 0.1) is 0 Å². The number of fused-ring (bicyclic) bond motifs is 2. The molecule has 1 aliphatic heterocycles. The number of benzene rings is 2. The maximum absolute atomic E-state index is 4.37. The molecule has 2 aromatic carbocycles. The number of aromatic nitrogens is 1. The summed E-state index contributed by atoms with van der Waals surface area (Å²) in [6, 6.07) is 15.9. The van der Waals surface area contributed by atoms with E-state index in [1.165, 1.54) is 39.0 Å². The highest BCUT2D eigenvalue weighted by Crippen LogP contribution is 2.37. The van der Waals surface area contributed by atoms with Gasteiger partial charge in [-0.3, -0.25) is 0 Å². The molecule has 0 amide bonds. The fourth-order valence-corrected chi connectivity index (χ4v) is 3.81. The van der Waals surface area contributed by atoms with E-state index in [9.17, 15) is 0 Å². The van der Waals surface area contributed by atoms with Gasteiger partial charge >= 0.3 is 0 Å². The molecule has 0 atom stereocenters. The third-order valence-corrected chi connectivity index (χ3v) is 5.35. The number of hydrogen-bond donors (Lipinski definition) is 0. The van der Waals surface area contributed by atoms with Crippen LogP contribution in [0.2, 0.25) is 0 Å². The van der Waals surface area contributed by atoms with Crippen molar-refractivity contribution in [2.24, 2.45) is 7.05 Å². The molecule has 0 unspecified atom stereocenters. The molecule has 1 aromatic heterocycles. The maximum Gasteiger partial charge on any atom is 0.0488 e. The van der Waals surface area contributed by atoms with E-state index >= 15 is 0 Å². The zero-order valence-corrected chi connectivity index (χ0v) is 14.8. The van der Waals surface area contributed by atoms with Gasteiger partial charge < -0.3 is 9.47 Å². The summed E-state index contributed by atoms with van der Waals surface area (Å²) >= 11 is 0. The molecular formula is C22H24N2. The zero-order chi connectivity index (χ0) is 16.8. The van der Waals surface area contributed by atoms with Gasteiger partial charge in [-0.2, -0.15) is 0 Å². The number of hydrogen-bond acceptors (Lipinski definition) is 1. The molecule has 4 rings (SSSR count). The van der Waals surface area contributed by atoms with Crippen LogP contribution in [0, 0.1) is 0 Å². The van der Waals surface area contributed by atoms with Crippen molar-refractivity contribution in [1.29, 1.82) is 0 Å². The molecule has 2 nitrogen and oxygen atoms in total. The Kier molecular flexibility index (Phi) is 3.49. The van der Waals surface area contributed by atoms with Crippen LogP contribution in [-0.2, 0) is 26.4 Å². The average molecular weight is 316 g/mol. The Morgan fingerprint density at radius 2 is 1.83 bits per heavy atom. The number of anilines is 1. The molecule has 122 valence electrons. The minimum Gasteiger partial charge on any atom is -0.348 e. The normalized spacial score (nSPS) is 13.8. The van der Waals surface area contributed by atoms with Crippen LogP contribution in [0.15, 0.2) is 49.0 Å².